The first kappa shape index (κ1) is 9.69. The number of piperidine rings is 1. The summed E-state index contributed by atoms with van der Waals surface area (Å²) < 4.78 is 1.27. The summed E-state index contributed by atoms with van der Waals surface area (Å²) in [5.74, 6) is 0.861. The molecule has 2 rings (SSSR count). The van der Waals surface area contributed by atoms with Gasteiger partial charge in [0.15, 0.2) is 0 Å². The Kier molecular flexibility index (Phi) is 3.06. The largest absolute Gasteiger partial charge is 0.309 e. The molecule has 0 radical (unpaired) electrons. The molecule has 0 aromatic carbocycles. The van der Waals surface area contributed by atoms with Crippen LogP contribution in [0.5, 0.6) is 0 Å². The molecule has 2 atom stereocenters. The summed E-state index contributed by atoms with van der Waals surface area (Å²) in [5, 5.41) is 5.73. The van der Waals surface area contributed by atoms with Crippen LogP contribution < -0.4 is 5.32 Å². The molecule has 1 N–H and O–H groups in total. The van der Waals surface area contributed by atoms with E-state index in [2.05, 4.69) is 39.6 Å². The van der Waals surface area contributed by atoms with E-state index >= 15 is 0 Å². The van der Waals surface area contributed by atoms with Gasteiger partial charge in [-0.25, -0.2) is 0 Å². The summed E-state index contributed by atoms with van der Waals surface area (Å²) in [6, 6.07) is 2.72. The third-order valence-corrected chi connectivity index (χ3v) is 4.61. The lowest BCUT2D eigenvalue weighted by molar-refractivity contribution is 0.328. The van der Waals surface area contributed by atoms with Crippen LogP contribution in [0.2, 0.25) is 0 Å². The lowest BCUT2D eigenvalue weighted by atomic mass is 9.93. The summed E-state index contributed by atoms with van der Waals surface area (Å²) in [7, 11) is 0. The zero-order valence-corrected chi connectivity index (χ0v) is 10.1. The summed E-state index contributed by atoms with van der Waals surface area (Å²) >= 11 is 5.44. The Morgan fingerprint density at radius 3 is 3.08 bits per heavy atom. The second kappa shape index (κ2) is 4.11. The predicted octanol–water partition coefficient (Wildman–Crippen LogP) is 3.57. The van der Waals surface area contributed by atoms with Crippen LogP contribution in [0.1, 0.15) is 30.7 Å². The smallest absolute Gasteiger partial charge is 0.0428 e. The van der Waals surface area contributed by atoms with Crippen molar-refractivity contribution in [1.82, 2.24) is 5.32 Å². The molecule has 0 bridgehead atoms. The van der Waals surface area contributed by atoms with Crippen LogP contribution in [0.15, 0.2) is 15.9 Å². The van der Waals surface area contributed by atoms with Crippen molar-refractivity contribution < 1.29 is 0 Å². The standard InChI is InChI=1S/C10H14BrNS/c1-7-2-4-12-9(6-7)10-8(11)3-5-13-10/h3,5,7,9,12H,2,4,6H2,1H3. The molecule has 0 aliphatic carbocycles. The van der Waals surface area contributed by atoms with Crippen LogP contribution in [0.4, 0.5) is 0 Å². The molecule has 0 amide bonds. The van der Waals surface area contributed by atoms with Crippen LogP contribution in [0.25, 0.3) is 0 Å². The van der Waals surface area contributed by atoms with E-state index in [-0.39, 0.29) is 0 Å². The first-order chi connectivity index (χ1) is 6.27. The van der Waals surface area contributed by atoms with E-state index in [9.17, 15) is 0 Å². The van der Waals surface area contributed by atoms with E-state index in [0.29, 0.717) is 6.04 Å². The van der Waals surface area contributed by atoms with Gasteiger partial charge in [-0.1, -0.05) is 6.92 Å². The quantitative estimate of drug-likeness (QED) is 0.814. The Labute approximate surface area is 91.7 Å². The second-order valence-corrected chi connectivity index (χ2v) is 5.57. The van der Waals surface area contributed by atoms with Crippen molar-refractivity contribution in [3.63, 3.8) is 0 Å². The molecule has 72 valence electrons. The Bertz CT molecular complexity index is 284. The molecule has 1 aromatic rings. The van der Waals surface area contributed by atoms with Gasteiger partial charge in [0.1, 0.15) is 0 Å². The second-order valence-electron chi connectivity index (χ2n) is 3.77. The zero-order valence-electron chi connectivity index (χ0n) is 7.72. The van der Waals surface area contributed by atoms with Gasteiger partial charge in [0.25, 0.3) is 0 Å². The zero-order chi connectivity index (χ0) is 9.26. The Hall–Kier alpha value is 0.140. The van der Waals surface area contributed by atoms with Gasteiger partial charge in [-0.3, -0.25) is 0 Å². The number of thiophene rings is 1. The third kappa shape index (κ3) is 2.14. The maximum atomic E-state index is 3.59. The Balaban J connectivity index is 2.12. The molecule has 13 heavy (non-hydrogen) atoms. The molecule has 1 aliphatic heterocycles. The number of nitrogens with one attached hydrogen (secondary N) is 1. The lowest BCUT2D eigenvalue weighted by Crippen LogP contribution is -2.30. The first-order valence-electron chi connectivity index (χ1n) is 4.73. The Morgan fingerprint density at radius 1 is 1.62 bits per heavy atom. The molecule has 1 aromatic heterocycles. The highest BCUT2D eigenvalue weighted by Crippen LogP contribution is 2.34. The van der Waals surface area contributed by atoms with Crippen LogP contribution >= 0.6 is 27.3 Å². The highest BCUT2D eigenvalue weighted by Gasteiger charge is 2.21. The SMILES string of the molecule is CC1CCNC(c2sccc2Br)C1. The van der Waals surface area contributed by atoms with E-state index in [4.69, 9.17) is 0 Å². The molecule has 2 heterocycles. The van der Waals surface area contributed by atoms with Crippen molar-refractivity contribution in [1.29, 1.82) is 0 Å². The topological polar surface area (TPSA) is 12.0 Å². The Morgan fingerprint density at radius 2 is 2.46 bits per heavy atom. The van der Waals surface area contributed by atoms with Gasteiger partial charge in [0.05, 0.1) is 0 Å². The molecular weight excluding hydrogens is 246 g/mol. The number of rotatable bonds is 1. The maximum absolute atomic E-state index is 3.59. The van der Waals surface area contributed by atoms with Crippen molar-refractivity contribution in [2.45, 2.75) is 25.8 Å². The van der Waals surface area contributed by atoms with Gasteiger partial charge in [0.2, 0.25) is 0 Å². The molecule has 1 fully saturated rings. The van der Waals surface area contributed by atoms with Gasteiger partial charge in [0, 0.05) is 15.4 Å². The predicted molar refractivity (Wildman–Crippen MR) is 61.2 cm³/mol. The first-order valence-corrected chi connectivity index (χ1v) is 6.41. The molecule has 1 aliphatic rings. The van der Waals surface area contributed by atoms with Crippen molar-refractivity contribution in [3.8, 4) is 0 Å². The van der Waals surface area contributed by atoms with Crippen LogP contribution in [0, 0.1) is 5.92 Å². The average Bonchev–Trinajstić information content (AvgIpc) is 2.51. The van der Waals surface area contributed by atoms with E-state index in [0.717, 1.165) is 12.5 Å². The number of hydrogen-bond donors (Lipinski definition) is 1. The van der Waals surface area contributed by atoms with Crippen LogP contribution in [-0.4, -0.2) is 6.54 Å². The van der Waals surface area contributed by atoms with E-state index < -0.39 is 0 Å². The molecule has 1 nitrogen and oxygen atoms in total. The van der Waals surface area contributed by atoms with Gasteiger partial charge < -0.3 is 5.32 Å². The fourth-order valence-electron chi connectivity index (χ4n) is 1.86. The lowest BCUT2D eigenvalue weighted by Gasteiger charge is -2.27. The monoisotopic (exact) mass is 259 g/mol. The van der Waals surface area contributed by atoms with Crippen molar-refractivity contribution in [3.05, 3.63) is 20.8 Å². The van der Waals surface area contributed by atoms with Gasteiger partial charge >= 0.3 is 0 Å². The van der Waals surface area contributed by atoms with E-state index in [1.54, 1.807) is 0 Å². The van der Waals surface area contributed by atoms with Gasteiger partial charge in [-0.15, -0.1) is 11.3 Å². The summed E-state index contributed by atoms with van der Waals surface area (Å²) in [4.78, 5) is 1.46. The van der Waals surface area contributed by atoms with Gasteiger partial charge in [-0.05, 0) is 52.7 Å². The summed E-state index contributed by atoms with van der Waals surface area (Å²) in [6.45, 7) is 3.51. The molecular formula is C10H14BrNS. The van der Waals surface area contributed by atoms with E-state index in [1.807, 2.05) is 11.3 Å². The summed E-state index contributed by atoms with van der Waals surface area (Å²) in [5.41, 5.74) is 0. The molecule has 3 heteroatoms. The normalized spacial score (nSPS) is 29.1. The van der Waals surface area contributed by atoms with Crippen molar-refractivity contribution in [2.24, 2.45) is 5.92 Å². The number of halogens is 1. The third-order valence-electron chi connectivity index (χ3n) is 2.63. The molecule has 2 unspecified atom stereocenters. The molecule has 1 saturated heterocycles. The minimum absolute atomic E-state index is 0.582. The molecule has 0 spiro atoms. The van der Waals surface area contributed by atoms with E-state index in [1.165, 1.54) is 22.2 Å². The van der Waals surface area contributed by atoms with Crippen molar-refractivity contribution >= 4 is 27.3 Å². The highest BCUT2D eigenvalue weighted by molar-refractivity contribution is 9.10. The fraction of sp³-hybridized carbons (Fsp3) is 0.600. The fourth-order valence-corrected chi connectivity index (χ4v) is 3.60. The van der Waals surface area contributed by atoms with Crippen molar-refractivity contribution in [2.75, 3.05) is 6.54 Å². The summed E-state index contributed by atoms with van der Waals surface area (Å²) in [6.07, 6.45) is 2.60. The maximum Gasteiger partial charge on any atom is 0.0428 e. The van der Waals surface area contributed by atoms with Crippen LogP contribution in [0.3, 0.4) is 0 Å². The van der Waals surface area contributed by atoms with Gasteiger partial charge in [-0.2, -0.15) is 0 Å². The van der Waals surface area contributed by atoms with Crippen LogP contribution in [-0.2, 0) is 0 Å². The highest BCUT2D eigenvalue weighted by atomic mass is 79.9. The minimum atomic E-state index is 0.582. The number of hydrogen-bond acceptors (Lipinski definition) is 2. The average molecular weight is 260 g/mol. The molecule has 0 saturated carbocycles. The minimum Gasteiger partial charge on any atom is -0.309 e.